The van der Waals surface area contributed by atoms with Crippen LogP contribution in [0.1, 0.15) is 19.8 Å². The van der Waals surface area contributed by atoms with Crippen molar-refractivity contribution in [2.24, 2.45) is 11.7 Å². The van der Waals surface area contributed by atoms with E-state index in [4.69, 9.17) is 22.1 Å². The molecule has 1 atom stereocenters. The molecule has 1 rings (SSSR count). The Hall–Kier alpha value is -0.730. The first-order valence-corrected chi connectivity index (χ1v) is 5.72. The molecule has 15 heavy (non-hydrogen) atoms. The molecular formula is C12H18ClNO. The van der Waals surface area contributed by atoms with Crippen molar-refractivity contribution in [1.29, 1.82) is 0 Å². The van der Waals surface area contributed by atoms with Gasteiger partial charge in [0.2, 0.25) is 0 Å². The van der Waals surface area contributed by atoms with Crippen LogP contribution in [-0.2, 0) is 0 Å². The van der Waals surface area contributed by atoms with Crippen LogP contribution in [0, 0.1) is 5.92 Å². The van der Waals surface area contributed by atoms with Crippen molar-refractivity contribution >= 4 is 11.6 Å². The predicted molar refractivity (Wildman–Crippen MR) is 64.4 cm³/mol. The minimum atomic E-state index is 0.439. The molecular weight excluding hydrogens is 210 g/mol. The molecule has 0 bridgehead atoms. The van der Waals surface area contributed by atoms with Gasteiger partial charge in [-0.25, -0.2) is 0 Å². The fourth-order valence-electron chi connectivity index (χ4n) is 1.45. The SMILES string of the molecule is CCCC(CN)COc1cccc(Cl)c1. The third-order valence-corrected chi connectivity index (χ3v) is 2.55. The Morgan fingerprint density at radius 3 is 2.87 bits per heavy atom. The number of benzene rings is 1. The zero-order valence-corrected chi connectivity index (χ0v) is 9.83. The lowest BCUT2D eigenvalue weighted by Crippen LogP contribution is -2.21. The molecule has 0 amide bonds. The van der Waals surface area contributed by atoms with E-state index in [-0.39, 0.29) is 0 Å². The molecule has 0 aliphatic rings. The van der Waals surface area contributed by atoms with E-state index < -0.39 is 0 Å². The van der Waals surface area contributed by atoms with Crippen LogP contribution in [0.5, 0.6) is 5.75 Å². The number of ether oxygens (including phenoxy) is 1. The summed E-state index contributed by atoms with van der Waals surface area (Å²) in [5, 5.41) is 0.701. The molecule has 2 N–H and O–H groups in total. The molecule has 0 aromatic heterocycles. The first-order chi connectivity index (χ1) is 7.26. The van der Waals surface area contributed by atoms with E-state index in [0.717, 1.165) is 18.6 Å². The average molecular weight is 228 g/mol. The number of halogens is 1. The summed E-state index contributed by atoms with van der Waals surface area (Å²) in [6.07, 6.45) is 2.25. The summed E-state index contributed by atoms with van der Waals surface area (Å²) in [5.41, 5.74) is 5.65. The first-order valence-electron chi connectivity index (χ1n) is 5.34. The van der Waals surface area contributed by atoms with Crippen molar-refractivity contribution in [2.75, 3.05) is 13.2 Å². The summed E-state index contributed by atoms with van der Waals surface area (Å²) in [4.78, 5) is 0. The minimum Gasteiger partial charge on any atom is -0.493 e. The van der Waals surface area contributed by atoms with Crippen LogP contribution in [0.15, 0.2) is 24.3 Å². The van der Waals surface area contributed by atoms with Gasteiger partial charge < -0.3 is 10.5 Å². The number of hydrogen-bond acceptors (Lipinski definition) is 2. The lowest BCUT2D eigenvalue weighted by Gasteiger charge is -2.14. The van der Waals surface area contributed by atoms with E-state index >= 15 is 0 Å². The molecule has 0 radical (unpaired) electrons. The molecule has 0 aliphatic heterocycles. The second-order valence-corrected chi connectivity index (χ2v) is 4.10. The van der Waals surface area contributed by atoms with Gasteiger partial charge in [0.05, 0.1) is 6.61 Å². The van der Waals surface area contributed by atoms with Gasteiger partial charge in [-0.2, -0.15) is 0 Å². The molecule has 0 aliphatic carbocycles. The molecule has 2 nitrogen and oxygen atoms in total. The van der Waals surface area contributed by atoms with Gasteiger partial charge in [0.1, 0.15) is 5.75 Å². The predicted octanol–water partition coefficient (Wildman–Crippen LogP) is 3.09. The van der Waals surface area contributed by atoms with Crippen LogP contribution in [-0.4, -0.2) is 13.2 Å². The van der Waals surface area contributed by atoms with Crippen molar-refractivity contribution in [3.8, 4) is 5.75 Å². The highest BCUT2D eigenvalue weighted by atomic mass is 35.5. The van der Waals surface area contributed by atoms with E-state index in [1.807, 2.05) is 24.3 Å². The van der Waals surface area contributed by atoms with Crippen molar-refractivity contribution < 1.29 is 4.74 Å². The Labute approximate surface area is 96.4 Å². The van der Waals surface area contributed by atoms with Gasteiger partial charge in [-0.1, -0.05) is 31.0 Å². The van der Waals surface area contributed by atoms with Crippen LogP contribution >= 0.6 is 11.6 Å². The van der Waals surface area contributed by atoms with Gasteiger partial charge in [-0.15, -0.1) is 0 Å². The Kier molecular flexibility index (Phi) is 5.51. The molecule has 1 aromatic rings. The van der Waals surface area contributed by atoms with Gasteiger partial charge in [0, 0.05) is 10.9 Å². The standard InChI is InChI=1S/C12H18ClNO/c1-2-4-10(8-14)9-15-12-6-3-5-11(13)7-12/h3,5-7,10H,2,4,8-9,14H2,1H3. The highest BCUT2D eigenvalue weighted by Crippen LogP contribution is 2.18. The zero-order valence-electron chi connectivity index (χ0n) is 9.08. The second kappa shape index (κ2) is 6.70. The van der Waals surface area contributed by atoms with Crippen LogP contribution in [0.3, 0.4) is 0 Å². The maximum atomic E-state index is 5.85. The van der Waals surface area contributed by atoms with Gasteiger partial charge in [0.25, 0.3) is 0 Å². The highest BCUT2D eigenvalue weighted by molar-refractivity contribution is 6.30. The maximum Gasteiger partial charge on any atom is 0.120 e. The Bertz CT molecular complexity index is 291. The van der Waals surface area contributed by atoms with Crippen LogP contribution in [0.2, 0.25) is 5.02 Å². The molecule has 1 unspecified atom stereocenters. The fourth-order valence-corrected chi connectivity index (χ4v) is 1.63. The highest BCUT2D eigenvalue weighted by Gasteiger charge is 2.06. The monoisotopic (exact) mass is 227 g/mol. The fraction of sp³-hybridized carbons (Fsp3) is 0.500. The maximum absolute atomic E-state index is 5.85. The second-order valence-electron chi connectivity index (χ2n) is 3.66. The summed E-state index contributed by atoms with van der Waals surface area (Å²) in [6.45, 7) is 3.50. The lowest BCUT2D eigenvalue weighted by molar-refractivity contribution is 0.243. The van der Waals surface area contributed by atoms with Gasteiger partial charge >= 0.3 is 0 Å². The molecule has 0 fully saturated rings. The van der Waals surface area contributed by atoms with E-state index in [9.17, 15) is 0 Å². The average Bonchev–Trinajstić information content (AvgIpc) is 2.24. The molecule has 0 heterocycles. The topological polar surface area (TPSA) is 35.2 Å². The Morgan fingerprint density at radius 1 is 1.47 bits per heavy atom. The lowest BCUT2D eigenvalue weighted by atomic mass is 10.1. The van der Waals surface area contributed by atoms with Gasteiger partial charge in [0.15, 0.2) is 0 Å². The summed E-state index contributed by atoms with van der Waals surface area (Å²) in [6, 6.07) is 7.45. The van der Waals surface area contributed by atoms with Crippen molar-refractivity contribution in [3.05, 3.63) is 29.3 Å². The summed E-state index contributed by atoms with van der Waals surface area (Å²) in [7, 11) is 0. The quantitative estimate of drug-likeness (QED) is 0.811. The van der Waals surface area contributed by atoms with E-state index in [1.54, 1.807) is 0 Å². The molecule has 0 saturated heterocycles. The van der Waals surface area contributed by atoms with Crippen LogP contribution in [0.4, 0.5) is 0 Å². The minimum absolute atomic E-state index is 0.439. The molecule has 0 saturated carbocycles. The van der Waals surface area contributed by atoms with Gasteiger partial charge in [-0.05, 0) is 31.2 Å². The molecule has 84 valence electrons. The van der Waals surface area contributed by atoms with E-state index in [0.29, 0.717) is 24.1 Å². The van der Waals surface area contributed by atoms with E-state index in [1.165, 1.54) is 0 Å². The van der Waals surface area contributed by atoms with Crippen molar-refractivity contribution in [3.63, 3.8) is 0 Å². The normalized spacial score (nSPS) is 12.5. The van der Waals surface area contributed by atoms with Crippen LogP contribution in [0.25, 0.3) is 0 Å². The third kappa shape index (κ3) is 4.54. The smallest absolute Gasteiger partial charge is 0.120 e. The van der Waals surface area contributed by atoms with E-state index in [2.05, 4.69) is 6.92 Å². The molecule has 3 heteroatoms. The zero-order chi connectivity index (χ0) is 11.1. The summed E-state index contributed by atoms with van der Waals surface area (Å²) in [5.74, 6) is 1.26. The number of rotatable bonds is 6. The molecule has 0 spiro atoms. The first kappa shape index (κ1) is 12.3. The summed E-state index contributed by atoms with van der Waals surface area (Å²) < 4.78 is 5.63. The van der Waals surface area contributed by atoms with Crippen molar-refractivity contribution in [2.45, 2.75) is 19.8 Å². The largest absolute Gasteiger partial charge is 0.493 e. The Morgan fingerprint density at radius 2 is 2.27 bits per heavy atom. The van der Waals surface area contributed by atoms with Gasteiger partial charge in [-0.3, -0.25) is 0 Å². The number of nitrogens with two attached hydrogens (primary N) is 1. The Balaban J connectivity index is 2.41. The van der Waals surface area contributed by atoms with Crippen LogP contribution < -0.4 is 10.5 Å². The molecule has 1 aromatic carbocycles. The van der Waals surface area contributed by atoms with Crippen molar-refractivity contribution in [1.82, 2.24) is 0 Å². The third-order valence-electron chi connectivity index (χ3n) is 2.31. The number of hydrogen-bond donors (Lipinski definition) is 1. The summed E-state index contributed by atoms with van der Waals surface area (Å²) >= 11 is 5.85.